The van der Waals surface area contributed by atoms with Gasteiger partial charge in [-0.15, -0.1) is 10.2 Å². The van der Waals surface area contributed by atoms with Crippen molar-refractivity contribution in [3.05, 3.63) is 35.9 Å². The fourth-order valence-electron chi connectivity index (χ4n) is 2.24. The molecule has 2 aromatic rings. The number of aromatic nitrogens is 3. The van der Waals surface area contributed by atoms with Crippen LogP contribution < -0.4 is 16.4 Å². The summed E-state index contributed by atoms with van der Waals surface area (Å²) in [5.41, 5.74) is 12.7. The second kappa shape index (κ2) is 4.27. The zero-order valence-electron chi connectivity index (χ0n) is 10.3. The molecule has 0 atom stereocenters. The minimum Gasteiger partial charge on any atom is -0.398 e. The molecule has 0 spiro atoms. The van der Waals surface area contributed by atoms with Crippen LogP contribution in [-0.2, 0) is 13.1 Å². The molecule has 1 aliphatic rings. The monoisotopic (exact) mass is 258 g/mol. The van der Waals surface area contributed by atoms with E-state index in [-0.39, 0.29) is 0 Å². The molecule has 0 unspecified atom stereocenters. The Labute approximate surface area is 109 Å². The van der Waals surface area contributed by atoms with Gasteiger partial charge >= 0.3 is 0 Å². The summed E-state index contributed by atoms with van der Waals surface area (Å²) in [5, 5.41) is 7.95. The smallest absolute Gasteiger partial charge is 0.250 e. The summed E-state index contributed by atoms with van der Waals surface area (Å²) in [6, 6.07) is 5.31. The minimum absolute atomic E-state index is 0.351. The Bertz CT molecular complexity index is 635. The molecule has 3 rings (SSSR count). The van der Waals surface area contributed by atoms with Crippen LogP contribution in [0.2, 0.25) is 0 Å². The number of hydrogen-bond donors (Lipinski definition) is 2. The predicted molar refractivity (Wildman–Crippen MR) is 70.4 cm³/mol. The van der Waals surface area contributed by atoms with Crippen molar-refractivity contribution in [1.29, 1.82) is 0 Å². The number of amides is 1. The first-order valence-corrected chi connectivity index (χ1v) is 5.96. The Balaban J connectivity index is 1.92. The van der Waals surface area contributed by atoms with E-state index in [0.29, 0.717) is 17.8 Å². The molecule has 0 radical (unpaired) electrons. The number of anilines is 2. The Morgan fingerprint density at radius 3 is 2.95 bits per heavy atom. The first-order chi connectivity index (χ1) is 9.15. The molecule has 1 aromatic heterocycles. The Morgan fingerprint density at radius 2 is 2.16 bits per heavy atom. The molecule has 2 heterocycles. The quantitative estimate of drug-likeness (QED) is 0.737. The van der Waals surface area contributed by atoms with Crippen LogP contribution in [0.25, 0.3) is 0 Å². The summed E-state index contributed by atoms with van der Waals surface area (Å²) in [4.78, 5) is 13.4. The summed E-state index contributed by atoms with van der Waals surface area (Å²) in [7, 11) is 0. The Morgan fingerprint density at radius 1 is 1.32 bits per heavy atom. The molecule has 7 heteroatoms. The van der Waals surface area contributed by atoms with Crippen LogP contribution in [0.5, 0.6) is 0 Å². The van der Waals surface area contributed by atoms with Crippen LogP contribution in [0.3, 0.4) is 0 Å². The normalized spacial score (nSPS) is 14.2. The van der Waals surface area contributed by atoms with Crippen molar-refractivity contribution < 1.29 is 4.79 Å². The molecular formula is C12H14N6O. The van der Waals surface area contributed by atoms with Crippen LogP contribution >= 0.6 is 0 Å². The highest BCUT2D eigenvalue weighted by Gasteiger charge is 2.19. The van der Waals surface area contributed by atoms with Gasteiger partial charge in [0.25, 0.3) is 5.91 Å². The molecule has 1 aromatic carbocycles. The second-order valence-corrected chi connectivity index (χ2v) is 4.50. The maximum atomic E-state index is 11.3. The highest BCUT2D eigenvalue weighted by molar-refractivity contribution is 5.99. The lowest BCUT2D eigenvalue weighted by atomic mass is 10.1. The van der Waals surface area contributed by atoms with Crippen molar-refractivity contribution in [2.45, 2.75) is 13.1 Å². The van der Waals surface area contributed by atoms with E-state index in [1.165, 1.54) is 0 Å². The van der Waals surface area contributed by atoms with Gasteiger partial charge in [-0.2, -0.15) is 0 Å². The van der Waals surface area contributed by atoms with E-state index in [1.807, 2.05) is 10.6 Å². The summed E-state index contributed by atoms with van der Waals surface area (Å²) in [6.07, 6.45) is 1.73. The van der Waals surface area contributed by atoms with Crippen molar-refractivity contribution in [2.24, 2.45) is 5.73 Å². The van der Waals surface area contributed by atoms with Crippen LogP contribution in [0.1, 0.15) is 16.2 Å². The van der Waals surface area contributed by atoms with Crippen molar-refractivity contribution in [2.75, 3.05) is 17.2 Å². The number of carbonyl (C=O) groups excluding carboxylic acids is 1. The molecule has 1 aliphatic heterocycles. The lowest BCUT2D eigenvalue weighted by Gasteiger charge is -2.29. The van der Waals surface area contributed by atoms with Gasteiger partial charge in [0.1, 0.15) is 6.33 Å². The van der Waals surface area contributed by atoms with Gasteiger partial charge in [-0.05, 0) is 18.2 Å². The van der Waals surface area contributed by atoms with Crippen LogP contribution in [-0.4, -0.2) is 27.2 Å². The van der Waals surface area contributed by atoms with Crippen LogP contribution in [0, 0.1) is 0 Å². The number of hydrogen-bond acceptors (Lipinski definition) is 5. The molecule has 19 heavy (non-hydrogen) atoms. The Kier molecular flexibility index (Phi) is 2.59. The number of benzene rings is 1. The van der Waals surface area contributed by atoms with Gasteiger partial charge in [0, 0.05) is 24.5 Å². The number of nitrogens with two attached hydrogens (primary N) is 2. The number of nitrogen functional groups attached to an aromatic ring is 1. The number of carbonyl (C=O) groups is 1. The standard InChI is InChI=1S/C12H14N6O/c13-10-2-1-8(5-9(10)12(14)19)17-3-4-18-7-15-16-11(18)6-17/h1-2,5,7H,3-4,6,13H2,(H2,14,19). The third-order valence-electron chi connectivity index (χ3n) is 3.31. The molecule has 0 bridgehead atoms. The summed E-state index contributed by atoms with van der Waals surface area (Å²) in [5.74, 6) is 0.392. The first-order valence-electron chi connectivity index (χ1n) is 5.96. The van der Waals surface area contributed by atoms with E-state index in [2.05, 4.69) is 15.1 Å². The summed E-state index contributed by atoms with van der Waals surface area (Å²) >= 11 is 0. The molecule has 1 amide bonds. The number of rotatable bonds is 2. The summed E-state index contributed by atoms with van der Waals surface area (Å²) in [6.45, 7) is 2.30. The molecule has 98 valence electrons. The SMILES string of the molecule is NC(=O)c1cc(N2CCn3cnnc3C2)ccc1N. The lowest BCUT2D eigenvalue weighted by Crippen LogP contribution is -2.33. The summed E-state index contributed by atoms with van der Waals surface area (Å²) < 4.78 is 2.02. The third-order valence-corrected chi connectivity index (χ3v) is 3.31. The van der Waals surface area contributed by atoms with Crippen molar-refractivity contribution in [3.8, 4) is 0 Å². The van der Waals surface area contributed by atoms with E-state index in [0.717, 1.165) is 24.6 Å². The Hall–Kier alpha value is -2.57. The van der Waals surface area contributed by atoms with Gasteiger partial charge < -0.3 is 20.9 Å². The zero-order valence-corrected chi connectivity index (χ0v) is 10.3. The highest BCUT2D eigenvalue weighted by Crippen LogP contribution is 2.24. The largest absolute Gasteiger partial charge is 0.398 e. The van der Waals surface area contributed by atoms with E-state index in [4.69, 9.17) is 11.5 Å². The van der Waals surface area contributed by atoms with Crippen molar-refractivity contribution >= 4 is 17.3 Å². The maximum absolute atomic E-state index is 11.3. The van der Waals surface area contributed by atoms with Crippen LogP contribution in [0.4, 0.5) is 11.4 Å². The second-order valence-electron chi connectivity index (χ2n) is 4.50. The number of fused-ring (bicyclic) bond motifs is 1. The molecule has 0 saturated carbocycles. The zero-order chi connectivity index (χ0) is 13.4. The molecule has 7 nitrogen and oxygen atoms in total. The van der Waals surface area contributed by atoms with Gasteiger partial charge in [-0.3, -0.25) is 4.79 Å². The van der Waals surface area contributed by atoms with E-state index in [1.54, 1.807) is 18.5 Å². The number of primary amides is 1. The highest BCUT2D eigenvalue weighted by atomic mass is 16.1. The fourth-order valence-corrected chi connectivity index (χ4v) is 2.24. The fraction of sp³-hybridized carbons (Fsp3) is 0.250. The molecule has 0 aliphatic carbocycles. The van der Waals surface area contributed by atoms with Gasteiger partial charge in [0.2, 0.25) is 0 Å². The maximum Gasteiger partial charge on any atom is 0.250 e. The van der Waals surface area contributed by atoms with Gasteiger partial charge in [-0.25, -0.2) is 0 Å². The number of nitrogens with zero attached hydrogens (tertiary/aromatic N) is 4. The molecule has 0 saturated heterocycles. The first kappa shape index (κ1) is 11.5. The minimum atomic E-state index is -0.514. The van der Waals surface area contributed by atoms with Gasteiger partial charge in [-0.1, -0.05) is 0 Å². The lowest BCUT2D eigenvalue weighted by molar-refractivity contribution is 0.100. The average Bonchev–Trinajstić information content (AvgIpc) is 2.86. The third kappa shape index (κ3) is 1.99. The predicted octanol–water partition coefficient (Wildman–Crippen LogP) is -0.0206. The van der Waals surface area contributed by atoms with Crippen LogP contribution in [0.15, 0.2) is 24.5 Å². The van der Waals surface area contributed by atoms with Crippen molar-refractivity contribution in [1.82, 2.24) is 14.8 Å². The molecule has 0 fully saturated rings. The molecular weight excluding hydrogens is 244 g/mol. The van der Waals surface area contributed by atoms with E-state index < -0.39 is 5.91 Å². The van der Waals surface area contributed by atoms with Gasteiger partial charge in [0.05, 0.1) is 12.1 Å². The molecule has 4 N–H and O–H groups in total. The topological polar surface area (TPSA) is 103 Å². The van der Waals surface area contributed by atoms with E-state index in [9.17, 15) is 4.79 Å². The average molecular weight is 258 g/mol. The van der Waals surface area contributed by atoms with Gasteiger partial charge in [0.15, 0.2) is 5.82 Å². The van der Waals surface area contributed by atoms with Crippen molar-refractivity contribution in [3.63, 3.8) is 0 Å². The van der Waals surface area contributed by atoms with E-state index >= 15 is 0 Å².